The number of ether oxygens (including phenoxy) is 2. The molecule has 0 heterocycles. The number of hydrogen-bond donors (Lipinski definition) is 0. The smallest absolute Gasteiger partial charge is 0.338 e. The van der Waals surface area contributed by atoms with Crippen LogP contribution in [0.5, 0.6) is 5.75 Å². The van der Waals surface area contributed by atoms with E-state index in [4.69, 9.17) is 9.47 Å². The van der Waals surface area contributed by atoms with E-state index in [1.165, 1.54) is 0 Å². The molecule has 3 nitrogen and oxygen atoms in total. The highest BCUT2D eigenvalue weighted by Gasteiger charge is 2.09. The summed E-state index contributed by atoms with van der Waals surface area (Å²) in [6, 6.07) is 15.1. The minimum Gasteiger partial charge on any atom is -0.489 e. The van der Waals surface area contributed by atoms with Crippen LogP contribution in [-0.2, 0) is 4.74 Å². The Morgan fingerprint density at radius 3 is 2.52 bits per heavy atom. The van der Waals surface area contributed by atoms with Gasteiger partial charge in [-0.25, -0.2) is 4.79 Å². The zero-order valence-electron chi connectivity index (χ0n) is 12.0. The second-order valence-corrected chi connectivity index (χ2v) is 4.39. The molecule has 21 heavy (non-hydrogen) atoms. The topological polar surface area (TPSA) is 35.5 Å². The zero-order chi connectivity index (χ0) is 15.1. The van der Waals surface area contributed by atoms with Crippen molar-refractivity contribution < 1.29 is 14.3 Å². The number of para-hydroxylation sites is 1. The van der Waals surface area contributed by atoms with Gasteiger partial charge in [0.1, 0.15) is 12.4 Å². The fourth-order valence-corrected chi connectivity index (χ4v) is 1.98. The molecule has 0 unspecified atom stereocenters. The van der Waals surface area contributed by atoms with Crippen molar-refractivity contribution in [3.63, 3.8) is 0 Å². The Morgan fingerprint density at radius 1 is 1.14 bits per heavy atom. The SMILES string of the molecule is C=CCOc1ccccc1-c1ccc(C(=O)OCC)cc1. The van der Waals surface area contributed by atoms with Crippen molar-refractivity contribution in [3.8, 4) is 16.9 Å². The van der Waals surface area contributed by atoms with Crippen molar-refractivity contribution in [2.45, 2.75) is 6.92 Å². The van der Waals surface area contributed by atoms with Gasteiger partial charge in [0.15, 0.2) is 0 Å². The van der Waals surface area contributed by atoms with E-state index in [2.05, 4.69) is 6.58 Å². The Kier molecular flexibility index (Phi) is 5.16. The molecular formula is C18H18O3. The van der Waals surface area contributed by atoms with E-state index in [1.54, 1.807) is 25.1 Å². The first-order valence-corrected chi connectivity index (χ1v) is 6.86. The summed E-state index contributed by atoms with van der Waals surface area (Å²) in [6.45, 7) is 6.27. The molecule has 0 aliphatic rings. The summed E-state index contributed by atoms with van der Waals surface area (Å²) in [5.74, 6) is 0.488. The van der Waals surface area contributed by atoms with Crippen molar-refractivity contribution >= 4 is 5.97 Å². The lowest BCUT2D eigenvalue weighted by Gasteiger charge is -2.10. The minimum absolute atomic E-state index is 0.305. The van der Waals surface area contributed by atoms with Gasteiger partial charge in [0.2, 0.25) is 0 Å². The van der Waals surface area contributed by atoms with Gasteiger partial charge in [-0.15, -0.1) is 0 Å². The van der Waals surface area contributed by atoms with Crippen LogP contribution >= 0.6 is 0 Å². The van der Waals surface area contributed by atoms with E-state index in [0.29, 0.717) is 18.8 Å². The van der Waals surface area contributed by atoms with E-state index < -0.39 is 0 Å². The van der Waals surface area contributed by atoms with Gasteiger partial charge in [-0.2, -0.15) is 0 Å². The molecule has 108 valence electrons. The third-order valence-electron chi connectivity index (χ3n) is 2.95. The van der Waals surface area contributed by atoms with Crippen LogP contribution in [0.3, 0.4) is 0 Å². The molecule has 0 saturated carbocycles. The van der Waals surface area contributed by atoms with Crippen LogP contribution in [0.2, 0.25) is 0 Å². The van der Waals surface area contributed by atoms with Crippen LogP contribution in [0.4, 0.5) is 0 Å². The highest BCUT2D eigenvalue weighted by atomic mass is 16.5. The first kappa shape index (κ1) is 14.9. The summed E-state index contributed by atoms with van der Waals surface area (Å²) in [5, 5.41) is 0. The van der Waals surface area contributed by atoms with Crippen LogP contribution in [0.1, 0.15) is 17.3 Å². The first-order valence-electron chi connectivity index (χ1n) is 6.86. The molecule has 2 rings (SSSR count). The van der Waals surface area contributed by atoms with Gasteiger partial charge in [-0.3, -0.25) is 0 Å². The summed E-state index contributed by atoms with van der Waals surface area (Å²) in [5.41, 5.74) is 2.52. The molecule has 0 radical (unpaired) electrons. The summed E-state index contributed by atoms with van der Waals surface area (Å²) in [6.07, 6.45) is 1.71. The van der Waals surface area contributed by atoms with Crippen LogP contribution in [0, 0.1) is 0 Å². The van der Waals surface area contributed by atoms with Gasteiger partial charge in [0, 0.05) is 5.56 Å². The fourth-order valence-electron chi connectivity index (χ4n) is 1.98. The van der Waals surface area contributed by atoms with Crippen LogP contribution in [0.15, 0.2) is 61.2 Å². The molecule has 0 bridgehead atoms. The van der Waals surface area contributed by atoms with Crippen LogP contribution in [0.25, 0.3) is 11.1 Å². The van der Waals surface area contributed by atoms with E-state index in [1.807, 2.05) is 36.4 Å². The lowest BCUT2D eigenvalue weighted by atomic mass is 10.0. The van der Waals surface area contributed by atoms with E-state index in [-0.39, 0.29) is 5.97 Å². The number of hydrogen-bond acceptors (Lipinski definition) is 3. The van der Waals surface area contributed by atoms with Gasteiger partial charge in [-0.1, -0.05) is 43.0 Å². The Labute approximate surface area is 124 Å². The van der Waals surface area contributed by atoms with Crippen molar-refractivity contribution in [1.82, 2.24) is 0 Å². The average molecular weight is 282 g/mol. The van der Waals surface area contributed by atoms with E-state index in [0.717, 1.165) is 16.9 Å². The molecule has 0 saturated heterocycles. The number of carbonyl (C=O) groups is 1. The molecule has 0 aliphatic carbocycles. The summed E-state index contributed by atoms with van der Waals surface area (Å²) >= 11 is 0. The maximum atomic E-state index is 11.6. The molecule has 0 aromatic heterocycles. The molecule has 0 fully saturated rings. The fraction of sp³-hybridized carbons (Fsp3) is 0.167. The predicted octanol–water partition coefficient (Wildman–Crippen LogP) is 4.10. The quantitative estimate of drug-likeness (QED) is 0.591. The molecule has 0 atom stereocenters. The molecule has 0 N–H and O–H groups in total. The third-order valence-corrected chi connectivity index (χ3v) is 2.95. The molecule has 0 amide bonds. The van der Waals surface area contributed by atoms with E-state index in [9.17, 15) is 4.79 Å². The number of benzene rings is 2. The van der Waals surface area contributed by atoms with Crippen molar-refractivity contribution in [2.24, 2.45) is 0 Å². The predicted molar refractivity (Wildman–Crippen MR) is 83.5 cm³/mol. The standard InChI is InChI=1S/C18H18O3/c1-3-13-21-17-8-6-5-7-16(17)14-9-11-15(12-10-14)18(19)20-4-2/h3,5-12H,1,4,13H2,2H3. The first-order chi connectivity index (χ1) is 10.3. The lowest BCUT2D eigenvalue weighted by Crippen LogP contribution is -2.04. The largest absolute Gasteiger partial charge is 0.489 e. The van der Waals surface area contributed by atoms with Crippen LogP contribution in [-0.4, -0.2) is 19.2 Å². The Morgan fingerprint density at radius 2 is 1.86 bits per heavy atom. The van der Waals surface area contributed by atoms with Gasteiger partial charge in [0.05, 0.1) is 12.2 Å². The Balaban J connectivity index is 2.26. The van der Waals surface area contributed by atoms with Gasteiger partial charge < -0.3 is 9.47 Å². The molecule has 3 heteroatoms. The average Bonchev–Trinajstić information content (AvgIpc) is 2.53. The van der Waals surface area contributed by atoms with Crippen molar-refractivity contribution in [3.05, 3.63) is 66.7 Å². The third kappa shape index (κ3) is 3.72. The number of rotatable bonds is 6. The lowest BCUT2D eigenvalue weighted by molar-refractivity contribution is 0.0526. The summed E-state index contributed by atoms with van der Waals surface area (Å²) in [4.78, 5) is 11.6. The minimum atomic E-state index is -0.305. The second kappa shape index (κ2) is 7.29. The maximum absolute atomic E-state index is 11.6. The molecule has 0 spiro atoms. The normalized spacial score (nSPS) is 9.95. The Bertz CT molecular complexity index is 615. The van der Waals surface area contributed by atoms with Crippen molar-refractivity contribution in [1.29, 1.82) is 0 Å². The van der Waals surface area contributed by atoms with E-state index >= 15 is 0 Å². The highest BCUT2D eigenvalue weighted by Crippen LogP contribution is 2.30. The number of esters is 1. The van der Waals surface area contributed by atoms with Gasteiger partial charge in [-0.05, 0) is 30.7 Å². The molecule has 2 aromatic carbocycles. The van der Waals surface area contributed by atoms with Gasteiger partial charge >= 0.3 is 5.97 Å². The Hall–Kier alpha value is -2.55. The summed E-state index contributed by atoms with van der Waals surface area (Å²) in [7, 11) is 0. The molecule has 0 aliphatic heterocycles. The van der Waals surface area contributed by atoms with Crippen LogP contribution < -0.4 is 4.74 Å². The second-order valence-electron chi connectivity index (χ2n) is 4.39. The zero-order valence-corrected chi connectivity index (χ0v) is 12.0. The maximum Gasteiger partial charge on any atom is 0.338 e. The highest BCUT2D eigenvalue weighted by molar-refractivity contribution is 5.90. The van der Waals surface area contributed by atoms with Gasteiger partial charge in [0.25, 0.3) is 0 Å². The van der Waals surface area contributed by atoms with Crippen molar-refractivity contribution in [2.75, 3.05) is 13.2 Å². The molecular weight excluding hydrogens is 264 g/mol. The molecule has 2 aromatic rings. The monoisotopic (exact) mass is 282 g/mol. The summed E-state index contributed by atoms with van der Waals surface area (Å²) < 4.78 is 10.6. The number of carbonyl (C=O) groups excluding carboxylic acids is 1.